The standard InChI is InChI=1S/C13H18Br2O2/c1-4-5-6-10(14)9-7-12(16-2)13(17-3)8-11(9)15/h7-8,10H,4-6H2,1-3H3. The Morgan fingerprint density at radius 3 is 2.29 bits per heavy atom. The molecule has 0 aliphatic carbocycles. The van der Waals surface area contributed by atoms with Gasteiger partial charge in [-0.3, -0.25) is 0 Å². The van der Waals surface area contributed by atoms with Crippen LogP contribution >= 0.6 is 31.9 Å². The van der Waals surface area contributed by atoms with Crippen LogP contribution in [0.1, 0.15) is 36.6 Å². The van der Waals surface area contributed by atoms with Gasteiger partial charge in [0.05, 0.1) is 14.2 Å². The monoisotopic (exact) mass is 364 g/mol. The first-order valence-electron chi connectivity index (χ1n) is 5.69. The molecule has 0 N–H and O–H groups in total. The van der Waals surface area contributed by atoms with E-state index < -0.39 is 0 Å². The highest BCUT2D eigenvalue weighted by Gasteiger charge is 2.15. The third-order valence-corrected chi connectivity index (χ3v) is 4.29. The second-order valence-corrected chi connectivity index (χ2v) is 5.80. The van der Waals surface area contributed by atoms with Gasteiger partial charge in [0, 0.05) is 9.30 Å². The van der Waals surface area contributed by atoms with E-state index >= 15 is 0 Å². The second kappa shape index (κ2) is 7.27. The van der Waals surface area contributed by atoms with Gasteiger partial charge in [0.25, 0.3) is 0 Å². The van der Waals surface area contributed by atoms with Gasteiger partial charge in [-0.1, -0.05) is 51.6 Å². The van der Waals surface area contributed by atoms with Crippen LogP contribution in [0.4, 0.5) is 0 Å². The Balaban J connectivity index is 2.99. The van der Waals surface area contributed by atoms with E-state index in [4.69, 9.17) is 9.47 Å². The van der Waals surface area contributed by atoms with Gasteiger partial charge in [0.1, 0.15) is 0 Å². The fraction of sp³-hybridized carbons (Fsp3) is 0.538. The predicted molar refractivity (Wildman–Crippen MR) is 78.4 cm³/mol. The van der Waals surface area contributed by atoms with E-state index in [0.29, 0.717) is 4.83 Å². The summed E-state index contributed by atoms with van der Waals surface area (Å²) in [4.78, 5) is 0.344. The molecule has 4 heteroatoms. The molecule has 0 radical (unpaired) electrons. The molecule has 1 aromatic rings. The predicted octanol–water partition coefficient (Wildman–Crippen LogP) is 5.09. The topological polar surface area (TPSA) is 18.5 Å². The summed E-state index contributed by atoms with van der Waals surface area (Å²) in [5.41, 5.74) is 1.20. The summed E-state index contributed by atoms with van der Waals surface area (Å²) in [5, 5.41) is 0. The molecule has 0 heterocycles. The number of methoxy groups -OCH3 is 2. The van der Waals surface area contributed by atoms with Crippen molar-refractivity contribution < 1.29 is 9.47 Å². The molecule has 1 unspecified atom stereocenters. The van der Waals surface area contributed by atoms with E-state index in [-0.39, 0.29) is 0 Å². The Bertz CT molecular complexity index is 367. The first-order valence-corrected chi connectivity index (χ1v) is 7.40. The number of rotatable bonds is 6. The van der Waals surface area contributed by atoms with Gasteiger partial charge >= 0.3 is 0 Å². The van der Waals surface area contributed by atoms with Gasteiger partial charge in [-0.2, -0.15) is 0 Å². The fourth-order valence-corrected chi connectivity index (χ4v) is 3.26. The Morgan fingerprint density at radius 2 is 1.76 bits per heavy atom. The molecule has 0 aromatic heterocycles. The summed E-state index contributed by atoms with van der Waals surface area (Å²) in [6, 6.07) is 3.98. The summed E-state index contributed by atoms with van der Waals surface area (Å²) in [6.07, 6.45) is 3.52. The van der Waals surface area contributed by atoms with Crippen LogP contribution in [0.5, 0.6) is 11.5 Å². The number of hydrogen-bond acceptors (Lipinski definition) is 2. The van der Waals surface area contributed by atoms with Gasteiger partial charge in [-0.05, 0) is 24.1 Å². The molecule has 1 atom stereocenters. The summed E-state index contributed by atoms with van der Waals surface area (Å²) >= 11 is 7.30. The quantitative estimate of drug-likeness (QED) is 0.653. The third-order valence-electron chi connectivity index (χ3n) is 2.65. The zero-order valence-electron chi connectivity index (χ0n) is 10.4. The molecule has 0 amide bonds. The van der Waals surface area contributed by atoms with Gasteiger partial charge in [0.2, 0.25) is 0 Å². The molecule has 2 nitrogen and oxygen atoms in total. The van der Waals surface area contributed by atoms with Gasteiger partial charge < -0.3 is 9.47 Å². The van der Waals surface area contributed by atoms with E-state index in [2.05, 4.69) is 38.8 Å². The van der Waals surface area contributed by atoms with Crippen LogP contribution in [0.25, 0.3) is 0 Å². The number of alkyl halides is 1. The van der Waals surface area contributed by atoms with Gasteiger partial charge in [-0.25, -0.2) is 0 Å². The average Bonchev–Trinajstić information content (AvgIpc) is 2.35. The van der Waals surface area contributed by atoms with Crippen molar-refractivity contribution in [3.8, 4) is 11.5 Å². The van der Waals surface area contributed by atoms with E-state index in [0.717, 1.165) is 22.4 Å². The maximum Gasteiger partial charge on any atom is 0.161 e. The molecular weight excluding hydrogens is 348 g/mol. The first-order chi connectivity index (χ1) is 8.13. The number of halogens is 2. The molecule has 0 spiro atoms. The molecule has 96 valence electrons. The van der Waals surface area contributed by atoms with Crippen molar-refractivity contribution in [2.45, 2.75) is 31.0 Å². The first kappa shape index (κ1) is 14.8. The molecule has 17 heavy (non-hydrogen) atoms. The Kier molecular flexibility index (Phi) is 6.34. The summed E-state index contributed by atoms with van der Waals surface area (Å²) in [6.45, 7) is 2.20. The number of hydrogen-bond donors (Lipinski definition) is 0. The fourth-order valence-electron chi connectivity index (χ4n) is 1.65. The van der Waals surface area contributed by atoms with Crippen molar-refractivity contribution in [2.75, 3.05) is 14.2 Å². The minimum absolute atomic E-state index is 0.344. The van der Waals surface area contributed by atoms with Crippen LogP contribution in [-0.2, 0) is 0 Å². The molecule has 1 aromatic carbocycles. The van der Waals surface area contributed by atoms with Crippen LogP contribution in [0.15, 0.2) is 16.6 Å². The number of ether oxygens (including phenoxy) is 2. The lowest BCUT2D eigenvalue weighted by atomic mass is 10.1. The van der Waals surface area contributed by atoms with Crippen molar-refractivity contribution in [2.24, 2.45) is 0 Å². The van der Waals surface area contributed by atoms with E-state index in [1.165, 1.54) is 18.4 Å². The third kappa shape index (κ3) is 3.88. The number of benzene rings is 1. The minimum atomic E-state index is 0.344. The second-order valence-electron chi connectivity index (χ2n) is 3.84. The normalized spacial score (nSPS) is 12.3. The highest BCUT2D eigenvalue weighted by molar-refractivity contribution is 9.11. The summed E-state index contributed by atoms with van der Waals surface area (Å²) in [7, 11) is 3.30. The SMILES string of the molecule is CCCCC(Br)c1cc(OC)c(OC)cc1Br. The molecule has 0 saturated carbocycles. The zero-order valence-corrected chi connectivity index (χ0v) is 13.6. The highest BCUT2D eigenvalue weighted by Crippen LogP contribution is 2.40. The maximum absolute atomic E-state index is 5.32. The van der Waals surface area contributed by atoms with Crippen LogP contribution in [0.2, 0.25) is 0 Å². The molecule has 0 saturated heterocycles. The summed E-state index contributed by atoms with van der Waals surface area (Å²) < 4.78 is 11.6. The average molecular weight is 366 g/mol. The van der Waals surface area contributed by atoms with E-state index in [9.17, 15) is 0 Å². The Morgan fingerprint density at radius 1 is 1.18 bits per heavy atom. The Hall–Kier alpha value is -0.220. The molecule has 0 aliphatic heterocycles. The number of unbranched alkanes of at least 4 members (excludes halogenated alkanes) is 1. The Labute approximate surface area is 120 Å². The smallest absolute Gasteiger partial charge is 0.161 e. The van der Waals surface area contributed by atoms with Gasteiger partial charge in [-0.15, -0.1) is 0 Å². The van der Waals surface area contributed by atoms with E-state index in [1.807, 2.05) is 12.1 Å². The van der Waals surface area contributed by atoms with Crippen LogP contribution in [0, 0.1) is 0 Å². The van der Waals surface area contributed by atoms with Gasteiger partial charge in [0.15, 0.2) is 11.5 Å². The van der Waals surface area contributed by atoms with Crippen molar-refractivity contribution in [1.29, 1.82) is 0 Å². The lowest BCUT2D eigenvalue weighted by Gasteiger charge is -2.15. The van der Waals surface area contributed by atoms with Crippen molar-refractivity contribution in [3.63, 3.8) is 0 Å². The molecule has 0 aliphatic rings. The molecular formula is C13H18Br2O2. The largest absolute Gasteiger partial charge is 0.493 e. The van der Waals surface area contributed by atoms with Crippen molar-refractivity contribution >= 4 is 31.9 Å². The van der Waals surface area contributed by atoms with Crippen LogP contribution in [0.3, 0.4) is 0 Å². The molecule has 0 bridgehead atoms. The van der Waals surface area contributed by atoms with Crippen LogP contribution in [-0.4, -0.2) is 14.2 Å². The minimum Gasteiger partial charge on any atom is -0.493 e. The summed E-state index contributed by atoms with van der Waals surface area (Å²) in [5.74, 6) is 1.52. The van der Waals surface area contributed by atoms with Crippen molar-refractivity contribution in [1.82, 2.24) is 0 Å². The zero-order chi connectivity index (χ0) is 12.8. The molecule has 0 fully saturated rings. The maximum atomic E-state index is 5.32. The van der Waals surface area contributed by atoms with Crippen LogP contribution < -0.4 is 9.47 Å². The van der Waals surface area contributed by atoms with E-state index in [1.54, 1.807) is 14.2 Å². The lowest BCUT2D eigenvalue weighted by molar-refractivity contribution is 0.354. The molecule has 1 rings (SSSR count). The van der Waals surface area contributed by atoms with Crippen molar-refractivity contribution in [3.05, 3.63) is 22.2 Å². The highest BCUT2D eigenvalue weighted by atomic mass is 79.9. The lowest BCUT2D eigenvalue weighted by Crippen LogP contribution is -1.96.